The lowest BCUT2D eigenvalue weighted by molar-refractivity contribution is -0.120. The zero-order chi connectivity index (χ0) is 17.9. The summed E-state index contributed by atoms with van der Waals surface area (Å²) in [7, 11) is 0. The zero-order valence-electron chi connectivity index (χ0n) is 15.5. The Kier molecular flexibility index (Phi) is 5.41. The van der Waals surface area contributed by atoms with E-state index in [4.69, 9.17) is 4.98 Å². The van der Waals surface area contributed by atoms with Crippen LogP contribution in [0.5, 0.6) is 0 Å². The van der Waals surface area contributed by atoms with Crippen LogP contribution in [-0.4, -0.2) is 40.0 Å². The third-order valence-corrected chi connectivity index (χ3v) is 6.68. The summed E-state index contributed by atoms with van der Waals surface area (Å²) in [4.78, 5) is 20.9. The van der Waals surface area contributed by atoms with E-state index in [1.54, 1.807) is 11.3 Å². The Labute approximate surface area is 159 Å². The van der Waals surface area contributed by atoms with Crippen molar-refractivity contribution < 1.29 is 4.79 Å². The third kappa shape index (κ3) is 4.01. The molecule has 1 fully saturated rings. The Balaban J connectivity index is 1.30. The smallest absolute Gasteiger partial charge is 0.226 e. The molecule has 2 aliphatic rings. The fraction of sp³-hybridized carbons (Fsp3) is 0.600. The van der Waals surface area contributed by atoms with Crippen molar-refractivity contribution in [3.05, 3.63) is 40.1 Å². The monoisotopic (exact) mass is 372 g/mol. The van der Waals surface area contributed by atoms with Gasteiger partial charge in [-0.2, -0.15) is 0 Å². The molecule has 0 spiro atoms. The summed E-state index contributed by atoms with van der Waals surface area (Å²) < 4.78 is 2.25. The lowest BCUT2D eigenvalue weighted by Crippen LogP contribution is -2.41. The second-order valence-corrected chi connectivity index (χ2v) is 8.64. The molecule has 2 aromatic heterocycles. The van der Waals surface area contributed by atoms with Crippen molar-refractivity contribution in [2.75, 3.05) is 19.6 Å². The number of nitrogens with one attached hydrogen (secondary N) is 1. The highest BCUT2D eigenvalue weighted by Gasteiger charge is 2.29. The van der Waals surface area contributed by atoms with Gasteiger partial charge in [0.25, 0.3) is 0 Å². The van der Waals surface area contributed by atoms with Crippen molar-refractivity contribution in [3.8, 4) is 0 Å². The molecule has 140 valence electrons. The molecule has 1 atom stereocenters. The van der Waals surface area contributed by atoms with Gasteiger partial charge in [0.15, 0.2) is 0 Å². The number of carbonyl (C=O) groups is 1. The van der Waals surface area contributed by atoms with E-state index in [1.807, 2.05) is 6.07 Å². The number of amides is 1. The highest BCUT2D eigenvalue weighted by Crippen LogP contribution is 2.32. The van der Waals surface area contributed by atoms with Crippen LogP contribution in [0.3, 0.4) is 0 Å². The first-order chi connectivity index (χ1) is 12.7. The molecule has 4 rings (SSSR count). The van der Waals surface area contributed by atoms with Crippen LogP contribution >= 0.6 is 11.3 Å². The summed E-state index contributed by atoms with van der Waals surface area (Å²) in [5.41, 5.74) is 0.894. The maximum atomic E-state index is 12.2. The number of hydrogen-bond acceptors (Lipinski definition) is 4. The molecule has 1 unspecified atom stereocenters. The van der Waals surface area contributed by atoms with Gasteiger partial charge in [-0.1, -0.05) is 12.5 Å². The Morgan fingerprint density at radius 3 is 3.00 bits per heavy atom. The molecular weight excluding hydrogens is 344 g/mol. The molecule has 0 radical (unpaired) electrons. The fourth-order valence-corrected chi connectivity index (χ4v) is 4.65. The molecule has 3 heterocycles. The van der Waals surface area contributed by atoms with Gasteiger partial charge in [-0.3, -0.25) is 9.69 Å². The van der Waals surface area contributed by atoms with E-state index in [-0.39, 0.29) is 5.91 Å². The van der Waals surface area contributed by atoms with Crippen molar-refractivity contribution in [1.29, 1.82) is 0 Å². The number of hydrogen-bond donors (Lipinski definition) is 1. The highest BCUT2D eigenvalue weighted by molar-refractivity contribution is 7.09. The molecule has 2 aromatic rings. The number of aromatic nitrogens is 2. The lowest BCUT2D eigenvalue weighted by atomic mass is 9.84. The summed E-state index contributed by atoms with van der Waals surface area (Å²) in [6.45, 7) is 6.22. The predicted octanol–water partition coefficient (Wildman–Crippen LogP) is 3.02. The second-order valence-electron chi connectivity index (χ2n) is 7.61. The van der Waals surface area contributed by atoms with E-state index in [2.05, 4.69) is 39.4 Å². The van der Waals surface area contributed by atoms with Crippen molar-refractivity contribution in [2.24, 2.45) is 5.92 Å². The minimum atomic E-state index is 0.0657. The lowest BCUT2D eigenvalue weighted by Gasteiger charge is -2.38. The number of thiophene rings is 1. The van der Waals surface area contributed by atoms with E-state index >= 15 is 0 Å². The third-order valence-electron chi connectivity index (χ3n) is 5.74. The minimum Gasteiger partial charge on any atom is -0.355 e. The molecule has 0 saturated heterocycles. The molecule has 0 aromatic carbocycles. The van der Waals surface area contributed by atoms with Gasteiger partial charge in [0, 0.05) is 37.3 Å². The molecule has 1 amide bonds. The van der Waals surface area contributed by atoms with Gasteiger partial charge in [-0.15, -0.1) is 11.3 Å². The second kappa shape index (κ2) is 7.92. The molecule has 1 saturated carbocycles. The number of imidazole rings is 1. The minimum absolute atomic E-state index is 0.0657. The largest absolute Gasteiger partial charge is 0.355 e. The van der Waals surface area contributed by atoms with Gasteiger partial charge >= 0.3 is 0 Å². The number of rotatable bonds is 7. The predicted molar refractivity (Wildman–Crippen MR) is 104 cm³/mol. The fourth-order valence-electron chi connectivity index (χ4n) is 3.94. The molecule has 1 aliphatic heterocycles. The summed E-state index contributed by atoms with van der Waals surface area (Å²) >= 11 is 1.74. The van der Waals surface area contributed by atoms with Crippen LogP contribution in [0.4, 0.5) is 0 Å². The molecule has 1 N–H and O–H groups in total. The van der Waals surface area contributed by atoms with E-state index in [9.17, 15) is 4.79 Å². The topological polar surface area (TPSA) is 50.2 Å². The molecule has 1 aliphatic carbocycles. The van der Waals surface area contributed by atoms with Gasteiger partial charge in [-0.25, -0.2) is 4.98 Å². The average Bonchev–Trinajstić information content (AvgIpc) is 3.22. The van der Waals surface area contributed by atoms with Crippen LogP contribution < -0.4 is 5.32 Å². The Morgan fingerprint density at radius 2 is 2.27 bits per heavy atom. The van der Waals surface area contributed by atoms with E-state index in [1.165, 1.54) is 30.7 Å². The summed E-state index contributed by atoms with van der Waals surface area (Å²) in [5, 5.41) is 5.09. The van der Waals surface area contributed by atoms with Gasteiger partial charge in [0.05, 0.1) is 18.2 Å². The first-order valence-electron chi connectivity index (χ1n) is 9.78. The van der Waals surface area contributed by atoms with Crippen LogP contribution in [0.1, 0.15) is 48.6 Å². The van der Waals surface area contributed by atoms with Crippen molar-refractivity contribution in [2.45, 2.75) is 51.6 Å². The highest BCUT2D eigenvalue weighted by atomic mass is 32.1. The van der Waals surface area contributed by atoms with Crippen LogP contribution in [0.15, 0.2) is 23.7 Å². The van der Waals surface area contributed by atoms with E-state index in [0.29, 0.717) is 19.0 Å². The van der Waals surface area contributed by atoms with E-state index < -0.39 is 0 Å². The summed E-state index contributed by atoms with van der Waals surface area (Å²) in [6, 6.07) is 4.50. The maximum Gasteiger partial charge on any atom is 0.226 e. The van der Waals surface area contributed by atoms with E-state index in [0.717, 1.165) is 36.9 Å². The summed E-state index contributed by atoms with van der Waals surface area (Å²) in [6.07, 6.45) is 7.51. The first kappa shape index (κ1) is 17.7. The van der Waals surface area contributed by atoms with Gasteiger partial charge in [-0.05, 0) is 43.6 Å². The van der Waals surface area contributed by atoms with Crippen LogP contribution in [0.25, 0.3) is 0 Å². The normalized spacial score (nSPS) is 20.6. The van der Waals surface area contributed by atoms with Gasteiger partial charge < -0.3 is 9.88 Å². The molecule has 6 heteroatoms. The Bertz CT molecular complexity index is 735. The van der Waals surface area contributed by atoms with Crippen molar-refractivity contribution in [3.63, 3.8) is 0 Å². The van der Waals surface area contributed by atoms with Crippen molar-refractivity contribution in [1.82, 2.24) is 19.8 Å². The summed E-state index contributed by atoms with van der Waals surface area (Å²) in [5.74, 6) is 2.07. The molecule has 0 bridgehead atoms. The molecule has 5 nitrogen and oxygen atoms in total. The van der Waals surface area contributed by atoms with Crippen LogP contribution in [0, 0.1) is 5.92 Å². The van der Waals surface area contributed by atoms with Crippen molar-refractivity contribution >= 4 is 17.2 Å². The van der Waals surface area contributed by atoms with Crippen LogP contribution in [0.2, 0.25) is 0 Å². The quantitative estimate of drug-likeness (QED) is 0.813. The molecule has 26 heavy (non-hydrogen) atoms. The van der Waals surface area contributed by atoms with Gasteiger partial charge in [0.2, 0.25) is 5.91 Å². The van der Waals surface area contributed by atoms with Crippen LogP contribution in [-0.2, 0) is 24.2 Å². The standard InChI is InChI=1S/C20H28N4OS/c1-15-20-22-17(12-19(25)21-8-7-18-6-3-11-26-18)14-24(20)10-9-23(15)13-16-4-2-5-16/h3,6,11,14-16H,2,4-5,7-10,12-13H2,1H3,(H,21,25). The SMILES string of the molecule is CC1c2nc(CC(=O)NCCc3cccs3)cn2CCN1CC1CCC1. The maximum absolute atomic E-state index is 12.2. The first-order valence-corrected chi connectivity index (χ1v) is 10.7. The average molecular weight is 373 g/mol. The number of carbonyl (C=O) groups excluding carboxylic acids is 1. The number of fused-ring (bicyclic) bond motifs is 1. The zero-order valence-corrected chi connectivity index (χ0v) is 16.3. The Morgan fingerprint density at radius 1 is 1.38 bits per heavy atom. The Hall–Kier alpha value is -1.66. The van der Waals surface area contributed by atoms with Gasteiger partial charge in [0.1, 0.15) is 5.82 Å². The number of nitrogens with zero attached hydrogens (tertiary/aromatic N) is 3. The molecular formula is C20H28N4OS.